The molecule has 0 fully saturated rings. The minimum absolute atomic E-state index is 0.133. The number of hydrogen-bond acceptors (Lipinski definition) is 1. The summed E-state index contributed by atoms with van der Waals surface area (Å²) in [5.74, 6) is 0. The molecule has 0 N–H and O–H groups in total. The Bertz CT molecular complexity index is 2940. The normalized spacial score (nSPS) is 12.9. The van der Waals surface area contributed by atoms with Crippen molar-refractivity contribution >= 4 is 38.4 Å². The van der Waals surface area contributed by atoms with Gasteiger partial charge in [-0.25, -0.2) is 9.83 Å². The highest BCUT2D eigenvalue weighted by Gasteiger charge is 2.37. The molecule has 0 amide bonds. The summed E-state index contributed by atoms with van der Waals surface area (Å²) >= 11 is 0. The van der Waals surface area contributed by atoms with Crippen LogP contribution in [0.2, 0.25) is 0 Å². The summed E-state index contributed by atoms with van der Waals surface area (Å²) in [6, 6.07) is 58.1. The van der Waals surface area contributed by atoms with Crippen LogP contribution >= 0.6 is 0 Å². The largest absolute Gasteiger partial charge is 0.309 e. The van der Waals surface area contributed by atoms with Gasteiger partial charge in [0.25, 0.3) is 0 Å². The average Bonchev–Trinajstić information content (AvgIpc) is 3.66. The van der Waals surface area contributed by atoms with E-state index < -0.39 is 0 Å². The minimum atomic E-state index is -0.133. The molecule has 2 aromatic heterocycles. The summed E-state index contributed by atoms with van der Waals surface area (Å²) in [4.78, 5) is 9.25. The van der Waals surface area contributed by atoms with Crippen LogP contribution in [-0.2, 0) is 5.41 Å². The third-order valence-corrected chi connectivity index (χ3v) is 11.0. The second-order valence-electron chi connectivity index (χ2n) is 14.2. The van der Waals surface area contributed by atoms with E-state index in [1.165, 1.54) is 38.5 Å². The van der Waals surface area contributed by atoms with E-state index in [0.717, 1.165) is 55.6 Å². The SMILES string of the molecule is [C-]#[N+]c1ccccc1-c1cc(-c2cc(-c3ccccc3)c3ccccc3n2)cc(-n2c3ccccc3c3ccc4c(c32)-c2ccccc2C4(C)C)c1. The summed E-state index contributed by atoms with van der Waals surface area (Å²) in [5.41, 5.74) is 16.1. The molecule has 0 saturated carbocycles. The Hall–Kier alpha value is -6.76. The van der Waals surface area contributed by atoms with Crippen molar-refractivity contribution in [2.45, 2.75) is 19.3 Å². The quantitative estimate of drug-likeness (QED) is 0.172. The van der Waals surface area contributed by atoms with Gasteiger partial charge in [0.05, 0.1) is 28.8 Å². The number of fused-ring (bicyclic) bond motifs is 8. The summed E-state index contributed by atoms with van der Waals surface area (Å²) in [6.07, 6.45) is 0. The third-order valence-electron chi connectivity index (χ3n) is 11.0. The molecule has 2 heterocycles. The van der Waals surface area contributed by atoms with E-state index in [2.05, 4.69) is 169 Å². The van der Waals surface area contributed by atoms with Gasteiger partial charge < -0.3 is 4.57 Å². The van der Waals surface area contributed by atoms with Crippen LogP contribution in [0.15, 0.2) is 164 Å². The molecule has 3 nitrogen and oxygen atoms in total. The highest BCUT2D eigenvalue weighted by molar-refractivity contribution is 6.15. The van der Waals surface area contributed by atoms with Crippen molar-refractivity contribution in [3.63, 3.8) is 0 Å². The first-order chi connectivity index (χ1) is 25.5. The van der Waals surface area contributed by atoms with E-state index >= 15 is 0 Å². The first-order valence-electron chi connectivity index (χ1n) is 17.8. The minimum Gasteiger partial charge on any atom is -0.309 e. The van der Waals surface area contributed by atoms with Crippen molar-refractivity contribution in [1.29, 1.82) is 0 Å². The van der Waals surface area contributed by atoms with E-state index in [1.54, 1.807) is 0 Å². The Morgan fingerprint density at radius 3 is 2.08 bits per heavy atom. The Kier molecular flexibility index (Phi) is 6.59. The van der Waals surface area contributed by atoms with Crippen molar-refractivity contribution in [3.05, 3.63) is 186 Å². The Morgan fingerprint density at radius 1 is 0.538 bits per heavy atom. The first-order valence-corrected chi connectivity index (χ1v) is 17.8. The molecule has 10 rings (SSSR count). The molecule has 52 heavy (non-hydrogen) atoms. The number of benzene rings is 7. The lowest BCUT2D eigenvalue weighted by molar-refractivity contribution is 0.661. The van der Waals surface area contributed by atoms with Gasteiger partial charge in [-0.1, -0.05) is 141 Å². The molecule has 0 radical (unpaired) electrons. The molecule has 1 aliphatic carbocycles. The molecule has 0 spiro atoms. The Labute approximate surface area is 302 Å². The summed E-state index contributed by atoms with van der Waals surface area (Å²) in [7, 11) is 0. The van der Waals surface area contributed by atoms with E-state index in [1.807, 2.05) is 18.2 Å². The van der Waals surface area contributed by atoms with Gasteiger partial charge in [-0.2, -0.15) is 0 Å². The number of nitrogens with zero attached hydrogens (tertiary/aromatic N) is 3. The molecule has 0 unspecified atom stereocenters. The molecule has 3 heteroatoms. The summed E-state index contributed by atoms with van der Waals surface area (Å²) in [5, 5.41) is 3.56. The van der Waals surface area contributed by atoms with Crippen LogP contribution in [0.4, 0.5) is 5.69 Å². The highest BCUT2D eigenvalue weighted by atomic mass is 15.0. The van der Waals surface area contributed by atoms with Crippen molar-refractivity contribution in [1.82, 2.24) is 9.55 Å². The maximum Gasteiger partial charge on any atom is 0.194 e. The Balaban J connectivity index is 1.33. The van der Waals surface area contributed by atoms with Crippen LogP contribution in [0, 0.1) is 6.57 Å². The first kappa shape index (κ1) is 30.1. The lowest BCUT2D eigenvalue weighted by atomic mass is 9.82. The van der Waals surface area contributed by atoms with Gasteiger partial charge in [0.15, 0.2) is 5.69 Å². The van der Waals surface area contributed by atoms with Gasteiger partial charge >= 0.3 is 0 Å². The van der Waals surface area contributed by atoms with E-state index in [9.17, 15) is 0 Å². The zero-order valence-corrected chi connectivity index (χ0v) is 28.9. The lowest BCUT2D eigenvalue weighted by Crippen LogP contribution is -2.14. The fourth-order valence-electron chi connectivity index (χ4n) is 8.55. The van der Waals surface area contributed by atoms with Crippen molar-refractivity contribution in [2.24, 2.45) is 0 Å². The van der Waals surface area contributed by atoms with Crippen molar-refractivity contribution in [3.8, 4) is 50.3 Å². The molecule has 0 saturated heterocycles. The fourth-order valence-corrected chi connectivity index (χ4v) is 8.55. The molecule has 244 valence electrons. The predicted molar refractivity (Wildman–Crippen MR) is 216 cm³/mol. The van der Waals surface area contributed by atoms with Crippen molar-refractivity contribution in [2.75, 3.05) is 0 Å². The molecular formula is C49H33N3. The van der Waals surface area contributed by atoms with Crippen LogP contribution in [-0.4, -0.2) is 9.55 Å². The van der Waals surface area contributed by atoms with E-state index in [4.69, 9.17) is 11.6 Å². The molecule has 0 bridgehead atoms. The van der Waals surface area contributed by atoms with Gasteiger partial charge in [0.1, 0.15) is 0 Å². The maximum absolute atomic E-state index is 8.07. The van der Waals surface area contributed by atoms with E-state index in [-0.39, 0.29) is 5.41 Å². The third kappa shape index (κ3) is 4.41. The van der Waals surface area contributed by atoms with E-state index in [0.29, 0.717) is 5.69 Å². The summed E-state index contributed by atoms with van der Waals surface area (Å²) in [6.45, 7) is 12.8. The number of para-hydroxylation sites is 3. The smallest absolute Gasteiger partial charge is 0.194 e. The van der Waals surface area contributed by atoms with Gasteiger partial charge in [0, 0.05) is 38.4 Å². The standard InChI is InChI=1S/C49H33N3/c1-49(2)41-21-11-7-20-39(41)47-42(49)26-25-38-37-19-10-14-24-46(37)52(48(38)47)34-28-32(35-17-8-12-22-43(35)50-3)27-33(29-34)45-30-40(31-15-5-4-6-16-31)36-18-9-13-23-44(36)51-45/h4-30H,1-2H3. The Morgan fingerprint density at radius 2 is 1.23 bits per heavy atom. The number of pyridine rings is 1. The maximum atomic E-state index is 8.07. The van der Waals surface area contributed by atoms with Crippen LogP contribution in [0.1, 0.15) is 25.0 Å². The number of rotatable bonds is 4. The number of aromatic nitrogens is 2. The zero-order chi connectivity index (χ0) is 35.0. The van der Waals surface area contributed by atoms with Gasteiger partial charge in [-0.15, -0.1) is 0 Å². The van der Waals surface area contributed by atoms with Crippen LogP contribution < -0.4 is 0 Å². The molecular weight excluding hydrogens is 631 g/mol. The van der Waals surface area contributed by atoms with Crippen molar-refractivity contribution < 1.29 is 0 Å². The fraction of sp³-hybridized carbons (Fsp3) is 0.0612. The summed E-state index contributed by atoms with van der Waals surface area (Å²) < 4.78 is 2.45. The zero-order valence-electron chi connectivity index (χ0n) is 28.9. The molecule has 0 atom stereocenters. The topological polar surface area (TPSA) is 22.2 Å². The van der Waals surface area contributed by atoms with Gasteiger partial charge in [0.2, 0.25) is 0 Å². The molecule has 7 aromatic carbocycles. The van der Waals surface area contributed by atoms with Crippen LogP contribution in [0.25, 0.3) is 87.9 Å². The highest BCUT2D eigenvalue weighted by Crippen LogP contribution is 2.53. The molecule has 9 aromatic rings. The van der Waals surface area contributed by atoms with Crippen LogP contribution in [0.5, 0.6) is 0 Å². The predicted octanol–water partition coefficient (Wildman–Crippen LogP) is 13.2. The molecule has 1 aliphatic rings. The average molecular weight is 664 g/mol. The van der Waals surface area contributed by atoms with Gasteiger partial charge in [-0.05, 0) is 75.3 Å². The van der Waals surface area contributed by atoms with Gasteiger partial charge in [-0.3, -0.25) is 0 Å². The monoisotopic (exact) mass is 663 g/mol. The second kappa shape index (κ2) is 11.4. The number of hydrogen-bond donors (Lipinski definition) is 0. The van der Waals surface area contributed by atoms with Crippen LogP contribution in [0.3, 0.4) is 0 Å². The molecule has 0 aliphatic heterocycles. The second-order valence-corrected chi connectivity index (χ2v) is 14.2. The lowest BCUT2D eigenvalue weighted by Gasteiger charge is -2.21.